The standard InChI is InChI=1S/C19H25N2P/c1-15(21-14-16-8-5-6-13-20-16)18-11-7-12-19(18)22-17-9-3-2-4-10-17/h2-6,8-10,13,15,18-19,21-22H,7,11-12,14H2,1H3/t15-,18?,19?/m0/s1. The Bertz CT molecular complexity index is 558. The predicted molar refractivity (Wildman–Crippen MR) is 96.1 cm³/mol. The summed E-state index contributed by atoms with van der Waals surface area (Å²) in [6, 6.07) is 17.7. The average molecular weight is 312 g/mol. The van der Waals surface area contributed by atoms with Crippen LogP contribution in [0.15, 0.2) is 54.7 Å². The van der Waals surface area contributed by atoms with Gasteiger partial charge in [0, 0.05) is 18.8 Å². The summed E-state index contributed by atoms with van der Waals surface area (Å²) in [4.78, 5) is 4.40. The lowest BCUT2D eigenvalue weighted by atomic mass is 9.99. The van der Waals surface area contributed by atoms with E-state index >= 15 is 0 Å². The van der Waals surface area contributed by atoms with Gasteiger partial charge in [0.05, 0.1) is 5.69 Å². The third-order valence-electron chi connectivity index (χ3n) is 4.67. The van der Waals surface area contributed by atoms with E-state index in [1.807, 2.05) is 12.3 Å². The van der Waals surface area contributed by atoms with E-state index in [0.29, 0.717) is 6.04 Å². The summed E-state index contributed by atoms with van der Waals surface area (Å²) in [7, 11) is 0.947. The van der Waals surface area contributed by atoms with Crippen molar-refractivity contribution in [2.45, 2.75) is 44.4 Å². The Balaban J connectivity index is 1.55. The first kappa shape index (κ1) is 15.6. The molecule has 22 heavy (non-hydrogen) atoms. The van der Waals surface area contributed by atoms with Gasteiger partial charge in [0.2, 0.25) is 0 Å². The molecule has 0 spiro atoms. The van der Waals surface area contributed by atoms with Gasteiger partial charge >= 0.3 is 0 Å². The van der Waals surface area contributed by atoms with E-state index < -0.39 is 0 Å². The number of nitrogens with one attached hydrogen (secondary N) is 1. The Labute approximate surface area is 135 Å². The summed E-state index contributed by atoms with van der Waals surface area (Å²) in [5.41, 5.74) is 1.98. The first-order valence-corrected chi connectivity index (χ1v) is 9.35. The molecule has 2 aromatic rings. The molecule has 0 radical (unpaired) electrons. The molecule has 0 aliphatic heterocycles. The molecular weight excluding hydrogens is 287 g/mol. The van der Waals surface area contributed by atoms with Crippen molar-refractivity contribution in [1.29, 1.82) is 0 Å². The number of hydrogen-bond acceptors (Lipinski definition) is 2. The molecule has 3 heteroatoms. The first-order chi connectivity index (χ1) is 10.8. The van der Waals surface area contributed by atoms with Gasteiger partial charge in [-0.25, -0.2) is 0 Å². The summed E-state index contributed by atoms with van der Waals surface area (Å²) in [6.45, 7) is 3.22. The van der Waals surface area contributed by atoms with Crippen molar-refractivity contribution in [1.82, 2.24) is 10.3 Å². The fraction of sp³-hybridized carbons (Fsp3) is 0.421. The number of aromatic nitrogens is 1. The largest absolute Gasteiger partial charge is 0.308 e. The third-order valence-corrected chi connectivity index (χ3v) is 6.42. The first-order valence-electron chi connectivity index (χ1n) is 8.28. The second-order valence-corrected chi connectivity index (χ2v) is 7.81. The molecule has 1 heterocycles. The van der Waals surface area contributed by atoms with Gasteiger partial charge in [0.15, 0.2) is 0 Å². The number of benzene rings is 1. The quantitative estimate of drug-likeness (QED) is 0.822. The van der Waals surface area contributed by atoms with Gasteiger partial charge in [-0.2, -0.15) is 0 Å². The zero-order chi connectivity index (χ0) is 15.2. The monoisotopic (exact) mass is 312 g/mol. The lowest BCUT2D eigenvalue weighted by Gasteiger charge is -2.27. The van der Waals surface area contributed by atoms with E-state index in [1.165, 1.54) is 24.6 Å². The molecule has 1 aromatic heterocycles. The van der Waals surface area contributed by atoms with Gasteiger partial charge in [-0.05, 0) is 48.8 Å². The van der Waals surface area contributed by atoms with Gasteiger partial charge < -0.3 is 5.32 Å². The van der Waals surface area contributed by atoms with Crippen molar-refractivity contribution in [2.24, 2.45) is 5.92 Å². The van der Waals surface area contributed by atoms with Gasteiger partial charge in [-0.1, -0.05) is 51.4 Å². The minimum atomic E-state index is 0.561. The molecule has 1 aromatic carbocycles. The van der Waals surface area contributed by atoms with E-state index in [0.717, 1.165) is 32.4 Å². The summed E-state index contributed by atoms with van der Waals surface area (Å²) < 4.78 is 0. The SMILES string of the molecule is C[C@H](NCc1ccccn1)C1CCCC1Pc1ccccc1. The van der Waals surface area contributed by atoms with Crippen LogP contribution in [0.4, 0.5) is 0 Å². The van der Waals surface area contributed by atoms with Crippen LogP contribution in [0.3, 0.4) is 0 Å². The summed E-state index contributed by atoms with van der Waals surface area (Å²) in [5, 5.41) is 5.21. The van der Waals surface area contributed by atoms with E-state index in [2.05, 4.69) is 59.7 Å². The lowest BCUT2D eigenvalue weighted by Crippen LogP contribution is -2.36. The molecule has 1 aliphatic carbocycles. The lowest BCUT2D eigenvalue weighted by molar-refractivity contribution is 0.384. The zero-order valence-corrected chi connectivity index (χ0v) is 14.2. The third kappa shape index (κ3) is 4.15. The second-order valence-electron chi connectivity index (χ2n) is 6.20. The molecule has 0 amide bonds. The molecule has 1 aliphatic rings. The van der Waals surface area contributed by atoms with Crippen LogP contribution in [0.2, 0.25) is 0 Å². The van der Waals surface area contributed by atoms with Crippen LogP contribution in [0.25, 0.3) is 0 Å². The molecule has 3 rings (SSSR count). The Hall–Kier alpha value is -1.24. The molecular formula is C19H25N2P. The highest BCUT2D eigenvalue weighted by molar-refractivity contribution is 7.48. The average Bonchev–Trinajstić information content (AvgIpc) is 3.03. The van der Waals surface area contributed by atoms with Crippen molar-refractivity contribution in [3.05, 3.63) is 60.4 Å². The van der Waals surface area contributed by atoms with Gasteiger partial charge in [0.25, 0.3) is 0 Å². The van der Waals surface area contributed by atoms with E-state index in [4.69, 9.17) is 0 Å². The highest BCUT2D eigenvalue weighted by Crippen LogP contribution is 2.40. The van der Waals surface area contributed by atoms with Crippen LogP contribution in [0.5, 0.6) is 0 Å². The molecule has 0 saturated heterocycles. The van der Waals surface area contributed by atoms with E-state index in [9.17, 15) is 0 Å². The topological polar surface area (TPSA) is 24.9 Å². The van der Waals surface area contributed by atoms with Crippen molar-refractivity contribution in [3.63, 3.8) is 0 Å². The highest BCUT2D eigenvalue weighted by Gasteiger charge is 2.31. The smallest absolute Gasteiger partial charge is 0.0541 e. The fourth-order valence-electron chi connectivity index (χ4n) is 3.43. The molecule has 1 N–H and O–H groups in total. The molecule has 2 nitrogen and oxygen atoms in total. The van der Waals surface area contributed by atoms with Crippen LogP contribution in [0.1, 0.15) is 31.9 Å². The zero-order valence-electron chi connectivity index (χ0n) is 13.2. The summed E-state index contributed by atoms with van der Waals surface area (Å²) in [6.07, 6.45) is 6.00. The Morgan fingerprint density at radius 2 is 1.95 bits per heavy atom. The Morgan fingerprint density at radius 3 is 2.73 bits per heavy atom. The van der Waals surface area contributed by atoms with Crippen LogP contribution >= 0.6 is 8.58 Å². The fourth-order valence-corrected chi connectivity index (χ4v) is 5.27. The number of rotatable bonds is 6. The van der Waals surface area contributed by atoms with Crippen LogP contribution < -0.4 is 10.6 Å². The van der Waals surface area contributed by atoms with Crippen molar-refractivity contribution < 1.29 is 0 Å². The maximum atomic E-state index is 4.40. The van der Waals surface area contributed by atoms with Crippen LogP contribution in [-0.4, -0.2) is 16.7 Å². The molecule has 116 valence electrons. The van der Waals surface area contributed by atoms with Gasteiger partial charge in [0.1, 0.15) is 0 Å². The Morgan fingerprint density at radius 1 is 1.14 bits per heavy atom. The highest BCUT2D eigenvalue weighted by atomic mass is 31.1. The number of pyridine rings is 1. The molecule has 3 unspecified atom stereocenters. The Kier molecular flexibility index (Phi) is 5.58. The molecule has 1 saturated carbocycles. The summed E-state index contributed by atoms with van der Waals surface area (Å²) >= 11 is 0. The van der Waals surface area contributed by atoms with Gasteiger partial charge in [-0.3, -0.25) is 4.98 Å². The van der Waals surface area contributed by atoms with Crippen molar-refractivity contribution in [3.8, 4) is 0 Å². The van der Waals surface area contributed by atoms with E-state index in [1.54, 1.807) is 0 Å². The van der Waals surface area contributed by atoms with Crippen molar-refractivity contribution in [2.75, 3.05) is 0 Å². The number of nitrogens with zero attached hydrogens (tertiary/aromatic N) is 1. The second kappa shape index (κ2) is 7.85. The minimum absolute atomic E-state index is 0.561. The van der Waals surface area contributed by atoms with E-state index in [-0.39, 0.29) is 0 Å². The maximum Gasteiger partial charge on any atom is 0.0541 e. The van der Waals surface area contributed by atoms with Gasteiger partial charge in [-0.15, -0.1) is 0 Å². The minimum Gasteiger partial charge on any atom is -0.308 e. The molecule has 0 bridgehead atoms. The maximum absolute atomic E-state index is 4.40. The summed E-state index contributed by atoms with van der Waals surface area (Å²) in [5.74, 6) is 0.794. The van der Waals surface area contributed by atoms with Crippen molar-refractivity contribution >= 4 is 13.9 Å². The number of hydrogen-bond donors (Lipinski definition) is 1. The predicted octanol–water partition coefficient (Wildman–Crippen LogP) is 3.73. The molecule has 1 fully saturated rings. The van der Waals surface area contributed by atoms with Crippen LogP contribution in [0, 0.1) is 5.92 Å². The van der Waals surface area contributed by atoms with Crippen LogP contribution in [-0.2, 0) is 6.54 Å². The molecule has 4 atom stereocenters. The normalized spacial score (nSPS) is 23.1.